The summed E-state index contributed by atoms with van der Waals surface area (Å²) in [7, 11) is 0. The standard InChI is InChI=1S/C14H20N2O/c15-9-11-7-8-16(10-11)12-1-3-13(4-2-12)17-14-5-6-14/h1-4,11,14H,5-10,15H2. The van der Waals surface area contributed by atoms with Gasteiger partial charge in [0.05, 0.1) is 6.10 Å². The summed E-state index contributed by atoms with van der Waals surface area (Å²) in [6, 6.07) is 8.50. The molecule has 2 N–H and O–H groups in total. The first kappa shape index (κ1) is 10.9. The van der Waals surface area contributed by atoms with E-state index >= 15 is 0 Å². The van der Waals surface area contributed by atoms with Crippen molar-refractivity contribution in [2.45, 2.75) is 25.4 Å². The number of hydrogen-bond acceptors (Lipinski definition) is 3. The first-order valence-corrected chi connectivity index (χ1v) is 6.57. The van der Waals surface area contributed by atoms with Gasteiger partial charge < -0.3 is 15.4 Å². The molecular formula is C14H20N2O. The summed E-state index contributed by atoms with van der Waals surface area (Å²) in [6.45, 7) is 3.03. The minimum absolute atomic E-state index is 0.481. The van der Waals surface area contributed by atoms with E-state index in [-0.39, 0.29) is 0 Å². The minimum atomic E-state index is 0.481. The Labute approximate surface area is 103 Å². The third kappa shape index (κ3) is 2.55. The molecule has 2 fully saturated rings. The maximum atomic E-state index is 5.75. The Balaban J connectivity index is 1.63. The summed E-state index contributed by atoms with van der Waals surface area (Å²) < 4.78 is 5.75. The molecule has 0 bridgehead atoms. The molecule has 0 radical (unpaired) electrons. The van der Waals surface area contributed by atoms with Crippen LogP contribution in [0.3, 0.4) is 0 Å². The first-order chi connectivity index (χ1) is 8.35. The van der Waals surface area contributed by atoms with Crippen LogP contribution in [0.2, 0.25) is 0 Å². The third-order valence-electron chi connectivity index (χ3n) is 3.65. The molecule has 1 atom stereocenters. The van der Waals surface area contributed by atoms with Crippen LogP contribution in [-0.4, -0.2) is 25.7 Å². The molecule has 17 heavy (non-hydrogen) atoms. The van der Waals surface area contributed by atoms with Crippen molar-refractivity contribution in [3.05, 3.63) is 24.3 Å². The quantitative estimate of drug-likeness (QED) is 0.863. The number of nitrogens with two attached hydrogens (primary N) is 1. The fourth-order valence-corrected chi connectivity index (χ4v) is 2.37. The lowest BCUT2D eigenvalue weighted by molar-refractivity contribution is 0.303. The molecule has 3 nitrogen and oxygen atoms in total. The average Bonchev–Trinajstić information content (AvgIpc) is 3.05. The first-order valence-electron chi connectivity index (χ1n) is 6.57. The zero-order chi connectivity index (χ0) is 11.7. The third-order valence-corrected chi connectivity index (χ3v) is 3.65. The molecule has 1 aliphatic heterocycles. The van der Waals surface area contributed by atoms with Crippen LogP contribution in [0.5, 0.6) is 5.75 Å². The summed E-state index contributed by atoms with van der Waals surface area (Å²) in [5, 5.41) is 0. The van der Waals surface area contributed by atoms with Gasteiger partial charge in [-0.15, -0.1) is 0 Å². The number of nitrogens with zero attached hydrogens (tertiary/aromatic N) is 1. The lowest BCUT2D eigenvalue weighted by atomic mass is 10.1. The maximum Gasteiger partial charge on any atom is 0.119 e. The van der Waals surface area contributed by atoms with E-state index < -0.39 is 0 Å². The van der Waals surface area contributed by atoms with Crippen LogP contribution < -0.4 is 15.4 Å². The number of ether oxygens (including phenoxy) is 1. The Morgan fingerprint density at radius 1 is 1.18 bits per heavy atom. The second-order valence-electron chi connectivity index (χ2n) is 5.15. The zero-order valence-corrected chi connectivity index (χ0v) is 10.1. The number of benzene rings is 1. The molecule has 1 aliphatic carbocycles. The SMILES string of the molecule is NCC1CCN(c2ccc(OC3CC3)cc2)C1. The molecular weight excluding hydrogens is 212 g/mol. The van der Waals surface area contributed by atoms with Crippen molar-refractivity contribution < 1.29 is 4.74 Å². The van der Waals surface area contributed by atoms with Crippen LogP contribution >= 0.6 is 0 Å². The molecule has 1 saturated heterocycles. The maximum absolute atomic E-state index is 5.75. The highest BCUT2D eigenvalue weighted by molar-refractivity contribution is 5.50. The van der Waals surface area contributed by atoms with E-state index in [1.807, 2.05) is 0 Å². The van der Waals surface area contributed by atoms with E-state index in [1.54, 1.807) is 0 Å². The molecule has 0 amide bonds. The number of hydrogen-bond donors (Lipinski definition) is 1. The molecule has 1 saturated carbocycles. The highest BCUT2D eigenvalue weighted by Gasteiger charge is 2.24. The van der Waals surface area contributed by atoms with Gasteiger partial charge in [-0.25, -0.2) is 0 Å². The summed E-state index contributed by atoms with van der Waals surface area (Å²) in [5.41, 5.74) is 7.01. The van der Waals surface area contributed by atoms with Gasteiger partial charge in [-0.05, 0) is 56.0 Å². The van der Waals surface area contributed by atoms with Crippen LogP contribution in [0.1, 0.15) is 19.3 Å². The molecule has 1 unspecified atom stereocenters. The Hall–Kier alpha value is -1.22. The molecule has 0 spiro atoms. The van der Waals surface area contributed by atoms with Crippen LogP contribution in [0.15, 0.2) is 24.3 Å². The van der Waals surface area contributed by atoms with E-state index in [4.69, 9.17) is 10.5 Å². The Morgan fingerprint density at radius 3 is 2.53 bits per heavy atom. The topological polar surface area (TPSA) is 38.5 Å². The van der Waals surface area contributed by atoms with Crippen molar-refractivity contribution >= 4 is 5.69 Å². The lowest BCUT2D eigenvalue weighted by Crippen LogP contribution is -2.22. The van der Waals surface area contributed by atoms with Gasteiger partial charge >= 0.3 is 0 Å². The van der Waals surface area contributed by atoms with Gasteiger partial charge in [0.1, 0.15) is 5.75 Å². The van der Waals surface area contributed by atoms with Crippen LogP contribution in [-0.2, 0) is 0 Å². The highest BCUT2D eigenvalue weighted by Crippen LogP contribution is 2.29. The Kier molecular flexibility index (Phi) is 2.93. The summed E-state index contributed by atoms with van der Waals surface area (Å²) in [4.78, 5) is 2.42. The fraction of sp³-hybridized carbons (Fsp3) is 0.571. The number of rotatable bonds is 4. The van der Waals surface area contributed by atoms with Gasteiger partial charge in [-0.1, -0.05) is 0 Å². The largest absolute Gasteiger partial charge is 0.490 e. The molecule has 92 valence electrons. The summed E-state index contributed by atoms with van der Waals surface area (Å²) in [6.07, 6.45) is 4.13. The van der Waals surface area contributed by atoms with Crippen molar-refractivity contribution in [2.24, 2.45) is 11.7 Å². The van der Waals surface area contributed by atoms with Crippen LogP contribution in [0.25, 0.3) is 0 Å². The Bertz CT molecular complexity index is 372. The minimum Gasteiger partial charge on any atom is -0.490 e. The normalized spacial score (nSPS) is 24.1. The molecule has 2 aliphatic rings. The van der Waals surface area contributed by atoms with Crippen molar-refractivity contribution in [1.82, 2.24) is 0 Å². The van der Waals surface area contributed by atoms with Crippen molar-refractivity contribution in [2.75, 3.05) is 24.5 Å². The van der Waals surface area contributed by atoms with E-state index in [1.165, 1.54) is 24.9 Å². The van der Waals surface area contributed by atoms with Crippen molar-refractivity contribution in [3.63, 3.8) is 0 Å². The molecule has 1 heterocycles. The van der Waals surface area contributed by atoms with Crippen molar-refractivity contribution in [1.29, 1.82) is 0 Å². The van der Waals surface area contributed by atoms with Crippen LogP contribution in [0, 0.1) is 5.92 Å². The van der Waals surface area contributed by atoms with E-state index in [0.29, 0.717) is 12.0 Å². The molecule has 1 aromatic rings. The molecule has 3 rings (SSSR count). The predicted molar refractivity (Wildman–Crippen MR) is 69.5 cm³/mol. The van der Waals surface area contributed by atoms with Crippen LogP contribution in [0.4, 0.5) is 5.69 Å². The van der Waals surface area contributed by atoms with Gasteiger partial charge in [0.15, 0.2) is 0 Å². The van der Waals surface area contributed by atoms with E-state index in [2.05, 4.69) is 29.2 Å². The van der Waals surface area contributed by atoms with Crippen molar-refractivity contribution in [3.8, 4) is 5.75 Å². The molecule has 0 aromatic heterocycles. The predicted octanol–water partition coefficient (Wildman–Crippen LogP) is 2.01. The second kappa shape index (κ2) is 4.57. The second-order valence-corrected chi connectivity index (χ2v) is 5.15. The fourth-order valence-electron chi connectivity index (χ4n) is 2.37. The molecule has 1 aromatic carbocycles. The Morgan fingerprint density at radius 2 is 1.94 bits per heavy atom. The number of anilines is 1. The van der Waals surface area contributed by atoms with Gasteiger partial charge in [0, 0.05) is 18.8 Å². The highest BCUT2D eigenvalue weighted by atomic mass is 16.5. The smallest absolute Gasteiger partial charge is 0.119 e. The summed E-state index contributed by atoms with van der Waals surface area (Å²) >= 11 is 0. The van der Waals surface area contributed by atoms with Gasteiger partial charge in [-0.3, -0.25) is 0 Å². The lowest BCUT2D eigenvalue weighted by Gasteiger charge is -2.18. The average molecular weight is 232 g/mol. The molecule has 3 heteroatoms. The monoisotopic (exact) mass is 232 g/mol. The van der Waals surface area contributed by atoms with Gasteiger partial charge in [0.25, 0.3) is 0 Å². The summed E-state index contributed by atoms with van der Waals surface area (Å²) in [5.74, 6) is 1.67. The van der Waals surface area contributed by atoms with Gasteiger partial charge in [0.2, 0.25) is 0 Å². The van der Waals surface area contributed by atoms with E-state index in [0.717, 1.165) is 25.4 Å². The van der Waals surface area contributed by atoms with E-state index in [9.17, 15) is 0 Å². The zero-order valence-electron chi connectivity index (χ0n) is 10.1. The van der Waals surface area contributed by atoms with Gasteiger partial charge in [-0.2, -0.15) is 0 Å².